The molecule has 1 heterocycles. The van der Waals surface area contributed by atoms with Crippen molar-refractivity contribution in [2.45, 2.75) is 26.7 Å². The van der Waals surface area contributed by atoms with E-state index in [0.29, 0.717) is 11.9 Å². The molecule has 0 bridgehead atoms. The number of hydrogen-bond donors (Lipinski definition) is 3. The standard InChI is InChI=1S/C19H29N5O/c1-13(12-20-3)6-7-15-11-16(8-9-17(15)25-5)23-19-22-14(2)10-18(21-4)24-19/h8-11,13,20H,6-7,12H2,1-5H3,(H2,21,22,23,24)/t13-/m0/s1. The average molecular weight is 343 g/mol. The molecule has 0 spiro atoms. The van der Waals surface area contributed by atoms with E-state index in [1.54, 1.807) is 7.11 Å². The van der Waals surface area contributed by atoms with Crippen molar-refractivity contribution >= 4 is 17.5 Å². The Kier molecular flexibility index (Phi) is 7.01. The predicted molar refractivity (Wildman–Crippen MR) is 104 cm³/mol. The number of rotatable bonds is 9. The minimum atomic E-state index is 0.587. The summed E-state index contributed by atoms with van der Waals surface area (Å²) in [5.41, 5.74) is 3.07. The van der Waals surface area contributed by atoms with Crippen LogP contribution < -0.4 is 20.7 Å². The SMILES string of the molecule is CNC[C@@H](C)CCc1cc(Nc2nc(C)cc(NC)n2)ccc1OC. The molecule has 6 nitrogen and oxygen atoms in total. The molecule has 2 rings (SSSR count). The molecule has 2 aromatic rings. The molecule has 0 radical (unpaired) electrons. The van der Waals surface area contributed by atoms with Crippen LogP contribution in [-0.4, -0.2) is 37.7 Å². The highest BCUT2D eigenvalue weighted by atomic mass is 16.5. The maximum Gasteiger partial charge on any atom is 0.229 e. The van der Waals surface area contributed by atoms with E-state index in [2.05, 4.69) is 38.9 Å². The van der Waals surface area contributed by atoms with Crippen LogP contribution >= 0.6 is 0 Å². The fourth-order valence-corrected chi connectivity index (χ4v) is 2.79. The highest BCUT2D eigenvalue weighted by Crippen LogP contribution is 2.26. The van der Waals surface area contributed by atoms with Gasteiger partial charge in [-0.05, 0) is 63.0 Å². The summed E-state index contributed by atoms with van der Waals surface area (Å²) >= 11 is 0. The molecule has 0 aliphatic carbocycles. The summed E-state index contributed by atoms with van der Waals surface area (Å²) in [7, 11) is 5.55. The van der Waals surface area contributed by atoms with Crippen molar-refractivity contribution in [1.82, 2.24) is 15.3 Å². The smallest absolute Gasteiger partial charge is 0.229 e. The molecule has 136 valence electrons. The molecule has 0 aliphatic rings. The van der Waals surface area contributed by atoms with Crippen LogP contribution in [0.1, 0.15) is 24.6 Å². The quantitative estimate of drug-likeness (QED) is 0.648. The lowest BCUT2D eigenvalue weighted by Crippen LogP contribution is -2.16. The molecule has 0 saturated carbocycles. The van der Waals surface area contributed by atoms with Crippen LogP contribution in [-0.2, 0) is 6.42 Å². The van der Waals surface area contributed by atoms with E-state index in [0.717, 1.165) is 42.3 Å². The van der Waals surface area contributed by atoms with Gasteiger partial charge in [0.1, 0.15) is 11.6 Å². The minimum absolute atomic E-state index is 0.587. The van der Waals surface area contributed by atoms with E-state index < -0.39 is 0 Å². The topological polar surface area (TPSA) is 71.1 Å². The first-order chi connectivity index (χ1) is 12.0. The van der Waals surface area contributed by atoms with Crippen molar-refractivity contribution in [3.05, 3.63) is 35.5 Å². The van der Waals surface area contributed by atoms with Gasteiger partial charge in [0, 0.05) is 24.5 Å². The van der Waals surface area contributed by atoms with Gasteiger partial charge in [0.25, 0.3) is 0 Å². The Balaban J connectivity index is 2.16. The second-order valence-corrected chi connectivity index (χ2v) is 6.32. The van der Waals surface area contributed by atoms with Crippen LogP contribution in [0, 0.1) is 12.8 Å². The van der Waals surface area contributed by atoms with Crippen molar-refractivity contribution in [3.8, 4) is 5.75 Å². The lowest BCUT2D eigenvalue weighted by atomic mass is 10.00. The second-order valence-electron chi connectivity index (χ2n) is 6.32. The van der Waals surface area contributed by atoms with Gasteiger partial charge in [0.05, 0.1) is 7.11 Å². The van der Waals surface area contributed by atoms with Crippen LogP contribution in [0.3, 0.4) is 0 Å². The third kappa shape index (κ3) is 5.60. The molecule has 1 aromatic heterocycles. The van der Waals surface area contributed by atoms with Crippen molar-refractivity contribution in [3.63, 3.8) is 0 Å². The zero-order valence-corrected chi connectivity index (χ0v) is 15.8. The van der Waals surface area contributed by atoms with E-state index in [4.69, 9.17) is 4.74 Å². The summed E-state index contributed by atoms with van der Waals surface area (Å²) in [6.07, 6.45) is 2.07. The molecule has 0 aliphatic heterocycles. The number of methoxy groups -OCH3 is 1. The first-order valence-electron chi connectivity index (χ1n) is 8.67. The Bertz CT molecular complexity index is 690. The number of anilines is 3. The van der Waals surface area contributed by atoms with Gasteiger partial charge in [0.15, 0.2) is 0 Å². The van der Waals surface area contributed by atoms with Crippen molar-refractivity contribution < 1.29 is 4.74 Å². The zero-order valence-electron chi connectivity index (χ0n) is 15.8. The molecule has 0 fully saturated rings. The van der Waals surface area contributed by atoms with Gasteiger partial charge in [0.2, 0.25) is 5.95 Å². The monoisotopic (exact) mass is 343 g/mol. The number of ether oxygens (including phenoxy) is 1. The number of nitrogens with one attached hydrogen (secondary N) is 3. The van der Waals surface area contributed by atoms with E-state index in [9.17, 15) is 0 Å². The Labute approximate surface area is 150 Å². The van der Waals surface area contributed by atoms with Crippen LogP contribution in [0.5, 0.6) is 5.75 Å². The summed E-state index contributed by atoms with van der Waals surface area (Å²) in [5.74, 6) is 2.92. The molecule has 3 N–H and O–H groups in total. The zero-order chi connectivity index (χ0) is 18.2. The Hall–Kier alpha value is -2.34. The Morgan fingerprint density at radius 3 is 2.64 bits per heavy atom. The number of aromatic nitrogens is 2. The fraction of sp³-hybridized carbons (Fsp3) is 0.474. The molecule has 0 saturated heterocycles. The summed E-state index contributed by atoms with van der Waals surface area (Å²) in [4.78, 5) is 8.89. The number of aryl methyl sites for hydroxylation is 2. The first kappa shape index (κ1) is 19.0. The average Bonchev–Trinajstić information content (AvgIpc) is 2.60. The van der Waals surface area contributed by atoms with E-state index >= 15 is 0 Å². The summed E-state index contributed by atoms with van der Waals surface area (Å²) in [6, 6.07) is 8.02. The number of hydrogen-bond acceptors (Lipinski definition) is 6. The summed E-state index contributed by atoms with van der Waals surface area (Å²) < 4.78 is 5.51. The second kappa shape index (κ2) is 9.22. The van der Waals surface area contributed by atoms with Crippen LogP contribution in [0.2, 0.25) is 0 Å². The van der Waals surface area contributed by atoms with Gasteiger partial charge in [-0.3, -0.25) is 0 Å². The lowest BCUT2D eigenvalue weighted by Gasteiger charge is -2.15. The first-order valence-corrected chi connectivity index (χ1v) is 8.67. The van der Waals surface area contributed by atoms with E-state index in [1.807, 2.05) is 39.2 Å². The van der Waals surface area contributed by atoms with Crippen LogP contribution in [0.15, 0.2) is 24.3 Å². The van der Waals surface area contributed by atoms with E-state index in [1.165, 1.54) is 5.56 Å². The third-order valence-corrected chi connectivity index (χ3v) is 4.11. The summed E-state index contributed by atoms with van der Waals surface area (Å²) in [5, 5.41) is 9.57. The molecular weight excluding hydrogens is 314 g/mol. The van der Waals surface area contributed by atoms with E-state index in [-0.39, 0.29) is 0 Å². The van der Waals surface area contributed by atoms with Gasteiger partial charge in [-0.25, -0.2) is 4.98 Å². The number of nitrogens with zero attached hydrogens (tertiary/aromatic N) is 2. The lowest BCUT2D eigenvalue weighted by molar-refractivity contribution is 0.406. The molecule has 0 unspecified atom stereocenters. The predicted octanol–water partition coefficient (Wildman–Crippen LogP) is 3.37. The normalized spacial score (nSPS) is 11.9. The van der Waals surface area contributed by atoms with Crippen LogP contribution in [0.4, 0.5) is 17.5 Å². The highest BCUT2D eigenvalue weighted by Gasteiger charge is 2.09. The number of benzene rings is 1. The Morgan fingerprint density at radius 1 is 1.16 bits per heavy atom. The largest absolute Gasteiger partial charge is 0.496 e. The van der Waals surface area contributed by atoms with Gasteiger partial charge in [-0.1, -0.05) is 6.92 Å². The van der Waals surface area contributed by atoms with Crippen molar-refractivity contribution in [2.24, 2.45) is 5.92 Å². The summed E-state index contributed by atoms with van der Waals surface area (Å²) in [6.45, 7) is 5.23. The molecule has 1 atom stereocenters. The minimum Gasteiger partial charge on any atom is -0.496 e. The molecule has 6 heteroatoms. The van der Waals surface area contributed by atoms with Gasteiger partial charge >= 0.3 is 0 Å². The molecular formula is C19H29N5O. The maximum absolute atomic E-state index is 5.51. The highest BCUT2D eigenvalue weighted by molar-refractivity contribution is 5.58. The fourth-order valence-electron chi connectivity index (χ4n) is 2.79. The van der Waals surface area contributed by atoms with Crippen molar-refractivity contribution in [1.29, 1.82) is 0 Å². The van der Waals surface area contributed by atoms with Crippen molar-refractivity contribution in [2.75, 3.05) is 38.4 Å². The molecule has 1 aromatic carbocycles. The van der Waals surface area contributed by atoms with Gasteiger partial charge < -0.3 is 20.7 Å². The van der Waals surface area contributed by atoms with Gasteiger partial charge in [-0.2, -0.15) is 4.98 Å². The third-order valence-electron chi connectivity index (χ3n) is 4.11. The van der Waals surface area contributed by atoms with Gasteiger partial charge in [-0.15, -0.1) is 0 Å². The maximum atomic E-state index is 5.51. The molecule has 0 amide bonds. The Morgan fingerprint density at radius 2 is 1.96 bits per heavy atom. The molecule has 25 heavy (non-hydrogen) atoms. The van der Waals surface area contributed by atoms with Crippen LogP contribution in [0.25, 0.3) is 0 Å².